The summed E-state index contributed by atoms with van der Waals surface area (Å²) in [6, 6.07) is 7.61. The summed E-state index contributed by atoms with van der Waals surface area (Å²) < 4.78 is 37.7. The second-order valence-corrected chi connectivity index (χ2v) is 6.14. The Hall–Kier alpha value is -2.17. The van der Waals surface area contributed by atoms with Gasteiger partial charge in [0, 0.05) is 17.3 Å². The largest absolute Gasteiger partial charge is 0.433 e. The van der Waals surface area contributed by atoms with Crippen molar-refractivity contribution in [1.82, 2.24) is 4.98 Å². The molecule has 116 valence electrons. The van der Waals surface area contributed by atoms with Crippen molar-refractivity contribution < 1.29 is 18.0 Å². The number of aldehydes is 1. The number of benzene rings is 1. The second kappa shape index (κ2) is 5.55. The van der Waals surface area contributed by atoms with Crippen LogP contribution in [0.25, 0.3) is 11.1 Å². The molecule has 1 aromatic carbocycles. The van der Waals surface area contributed by atoms with Crippen LogP contribution >= 0.6 is 0 Å². The average Bonchev–Trinajstić information content (AvgIpc) is 2.45. The smallest absolute Gasteiger partial charge is 0.298 e. The zero-order chi connectivity index (χ0) is 16.5. The lowest BCUT2D eigenvalue weighted by Crippen LogP contribution is -2.11. The Balaban J connectivity index is 2.50. The van der Waals surface area contributed by atoms with Crippen molar-refractivity contribution in [3.8, 4) is 11.1 Å². The molecule has 0 saturated carbocycles. The van der Waals surface area contributed by atoms with Crippen LogP contribution in [0, 0.1) is 0 Å². The van der Waals surface area contributed by atoms with E-state index in [9.17, 15) is 18.0 Å². The molecule has 0 N–H and O–H groups in total. The van der Waals surface area contributed by atoms with Gasteiger partial charge in [-0.1, -0.05) is 32.9 Å². The van der Waals surface area contributed by atoms with Gasteiger partial charge < -0.3 is 0 Å². The van der Waals surface area contributed by atoms with Gasteiger partial charge in [-0.15, -0.1) is 0 Å². The summed E-state index contributed by atoms with van der Waals surface area (Å²) in [4.78, 5) is 14.6. The predicted octanol–water partition coefficient (Wildman–Crippen LogP) is 4.88. The fourth-order valence-electron chi connectivity index (χ4n) is 2.05. The summed E-state index contributed by atoms with van der Waals surface area (Å²) in [5, 5.41) is 0. The number of aromatic nitrogens is 1. The third-order valence-corrected chi connectivity index (χ3v) is 3.34. The Morgan fingerprint density at radius 1 is 1.00 bits per heavy atom. The number of carbonyl (C=O) groups excluding carboxylic acids is 1. The highest BCUT2D eigenvalue weighted by molar-refractivity contribution is 5.79. The van der Waals surface area contributed by atoms with E-state index in [2.05, 4.69) is 4.98 Å². The van der Waals surface area contributed by atoms with E-state index in [4.69, 9.17) is 0 Å². The minimum Gasteiger partial charge on any atom is -0.298 e. The molecule has 0 unspecified atom stereocenters. The van der Waals surface area contributed by atoms with Crippen LogP contribution in [0.3, 0.4) is 0 Å². The highest BCUT2D eigenvalue weighted by Gasteiger charge is 2.32. The second-order valence-electron chi connectivity index (χ2n) is 6.14. The van der Waals surface area contributed by atoms with Gasteiger partial charge in [0.25, 0.3) is 0 Å². The number of pyridine rings is 1. The van der Waals surface area contributed by atoms with Crippen molar-refractivity contribution in [3.63, 3.8) is 0 Å². The van der Waals surface area contributed by atoms with Crippen LogP contribution in [0.1, 0.15) is 42.4 Å². The summed E-state index contributed by atoms with van der Waals surface area (Å²) in [6.45, 7) is 6.02. The molecule has 1 aromatic heterocycles. The molecular weight excluding hydrogens is 291 g/mol. The molecule has 0 aliphatic heterocycles. The van der Waals surface area contributed by atoms with Crippen LogP contribution < -0.4 is 0 Å². The number of nitrogens with zero attached hydrogens (tertiary/aromatic N) is 1. The van der Waals surface area contributed by atoms with Gasteiger partial charge in [-0.05, 0) is 34.7 Å². The molecule has 0 radical (unpaired) electrons. The van der Waals surface area contributed by atoms with Gasteiger partial charge in [0.15, 0.2) is 0 Å². The Morgan fingerprint density at radius 2 is 1.68 bits per heavy atom. The van der Waals surface area contributed by atoms with Crippen LogP contribution in [0.4, 0.5) is 13.2 Å². The number of rotatable bonds is 2. The van der Waals surface area contributed by atoms with E-state index in [1.807, 2.05) is 26.8 Å². The molecule has 2 rings (SSSR count). The van der Waals surface area contributed by atoms with Crippen LogP contribution in [0.15, 0.2) is 36.5 Å². The molecule has 0 aliphatic rings. The summed E-state index contributed by atoms with van der Waals surface area (Å²) in [5.74, 6) is 0. The van der Waals surface area contributed by atoms with Gasteiger partial charge in [-0.25, -0.2) is 0 Å². The Labute approximate surface area is 127 Å². The maximum atomic E-state index is 12.6. The van der Waals surface area contributed by atoms with Crippen molar-refractivity contribution in [3.05, 3.63) is 53.3 Å². The molecule has 0 aliphatic carbocycles. The zero-order valence-corrected chi connectivity index (χ0v) is 12.5. The monoisotopic (exact) mass is 307 g/mol. The van der Waals surface area contributed by atoms with Gasteiger partial charge in [0.2, 0.25) is 0 Å². The van der Waals surface area contributed by atoms with Crippen molar-refractivity contribution in [2.24, 2.45) is 0 Å². The summed E-state index contributed by atoms with van der Waals surface area (Å²) in [5.41, 5.74) is 1.54. The van der Waals surface area contributed by atoms with Gasteiger partial charge in [-0.3, -0.25) is 9.78 Å². The number of carbonyl (C=O) groups is 1. The maximum Gasteiger partial charge on any atom is 0.433 e. The Bertz CT molecular complexity index is 683. The fourth-order valence-corrected chi connectivity index (χ4v) is 2.05. The van der Waals surface area contributed by atoms with Gasteiger partial charge in [0.1, 0.15) is 12.0 Å². The van der Waals surface area contributed by atoms with Crippen LogP contribution in [0.5, 0.6) is 0 Å². The predicted molar refractivity (Wildman–Crippen MR) is 78.8 cm³/mol. The van der Waals surface area contributed by atoms with Crippen LogP contribution in [-0.2, 0) is 11.6 Å². The van der Waals surface area contributed by atoms with E-state index < -0.39 is 11.9 Å². The molecule has 2 aromatic rings. The highest BCUT2D eigenvalue weighted by atomic mass is 19.4. The first-order valence-electron chi connectivity index (χ1n) is 6.75. The summed E-state index contributed by atoms with van der Waals surface area (Å²) in [6.07, 6.45) is -2.55. The standard InChI is InChI=1S/C17H16F3NO/c1-16(2,3)14-7-11(10-22)6-13(8-14)12-4-5-15(21-9-12)17(18,19)20/h4-10H,1-3H3. The number of hydrogen-bond donors (Lipinski definition) is 0. The van der Waals surface area contributed by atoms with E-state index in [-0.39, 0.29) is 5.41 Å². The average molecular weight is 307 g/mol. The molecule has 0 atom stereocenters. The summed E-state index contributed by atoms with van der Waals surface area (Å²) in [7, 11) is 0. The molecule has 0 bridgehead atoms. The minimum absolute atomic E-state index is 0.174. The molecule has 0 spiro atoms. The Morgan fingerprint density at radius 3 is 2.14 bits per heavy atom. The molecule has 1 heterocycles. The van der Waals surface area contributed by atoms with Gasteiger partial charge in [0.05, 0.1) is 0 Å². The lowest BCUT2D eigenvalue weighted by Gasteiger charge is -2.20. The van der Waals surface area contributed by atoms with E-state index in [1.165, 1.54) is 12.3 Å². The van der Waals surface area contributed by atoms with Gasteiger partial charge in [-0.2, -0.15) is 13.2 Å². The van der Waals surface area contributed by atoms with Crippen molar-refractivity contribution in [2.75, 3.05) is 0 Å². The molecule has 0 fully saturated rings. The SMILES string of the molecule is CC(C)(C)c1cc(C=O)cc(-c2ccc(C(F)(F)F)nc2)c1. The normalized spacial score (nSPS) is 12.3. The van der Waals surface area contributed by atoms with Crippen molar-refractivity contribution in [1.29, 1.82) is 0 Å². The first kappa shape index (κ1) is 16.2. The number of halogens is 3. The quantitative estimate of drug-likeness (QED) is 0.740. The van der Waals surface area contributed by atoms with Crippen molar-refractivity contribution >= 4 is 6.29 Å². The Kier molecular flexibility index (Phi) is 4.09. The molecular formula is C17H16F3NO. The first-order valence-corrected chi connectivity index (χ1v) is 6.75. The maximum absolute atomic E-state index is 12.6. The molecule has 2 nitrogen and oxygen atoms in total. The third-order valence-electron chi connectivity index (χ3n) is 3.34. The van der Waals surface area contributed by atoms with E-state index in [0.717, 1.165) is 17.9 Å². The fraction of sp³-hybridized carbons (Fsp3) is 0.294. The van der Waals surface area contributed by atoms with E-state index in [0.29, 0.717) is 16.7 Å². The zero-order valence-electron chi connectivity index (χ0n) is 12.5. The molecule has 0 amide bonds. The highest BCUT2D eigenvalue weighted by Crippen LogP contribution is 2.31. The number of alkyl halides is 3. The third kappa shape index (κ3) is 3.53. The lowest BCUT2D eigenvalue weighted by molar-refractivity contribution is -0.141. The van der Waals surface area contributed by atoms with E-state index in [1.54, 1.807) is 12.1 Å². The van der Waals surface area contributed by atoms with Crippen LogP contribution in [0.2, 0.25) is 0 Å². The van der Waals surface area contributed by atoms with E-state index >= 15 is 0 Å². The van der Waals surface area contributed by atoms with Gasteiger partial charge >= 0.3 is 6.18 Å². The lowest BCUT2D eigenvalue weighted by atomic mass is 9.84. The van der Waals surface area contributed by atoms with Crippen LogP contribution in [-0.4, -0.2) is 11.3 Å². The van der Waals surface area contributed by atoms with Crippen molar-refractivity contribution in [2.45, 2.75) is 32.4 Å². The minimum atomic E-state index is -4.46. The molecule has 22 heavy (non-hydrogen) atoms. The molecule has 5 heteroatoms. The number of hydrogen-bond acceptors (Lipinski definition) is 2. The first-order chi connectivity index (χ1) is 10.1. The topological polar surface area (TPSA) is 30.0 Å². The summed E-state index contributed by atoms with van der Waals surface area (Å²) >= 11 is 0. The molecule has 0 saturated heterocycles.